The van der Waals surface area contributed by atoms with E-state index < -0.39 is 60.5 Å². The van der Waals surface area contributed by atoms with Gasteiger partial charge in [-0.05, 0) is 12.1 Å². The van der Waals surface area contributed by atoms with Gasteiger partial charge in [-0.1, -0.05) is 12.1 Å². The summed E-state index contributed by atoms with van der Waals surface area (Å²) in [4.78, 5) is 63.4. The molecule has 12 nitrogen and oxygen atoms in total. The molecule has 0 unspecified atom stereocenters. The van der Waals surface area contributed by atoms with E-state index in [0.717, 1.165) is 33.1 Å². The highest BCUT2D eigenvalue weighted by molar-refractivity contribution is 6.02. The van der Waals surface area contributed by atoms with Crippen LogP contribution in [0.25, 0.3) is 10.9 Å². The molecule has 1 aromatic heterocycles. The highest BCUT2D eigenvalue weighted by Gasteiger charge is 2.55. The van der Waals surface area contributed by atoms with Gasteiger partial charge in [-0.2, -0.15) is 0 Å². The lowest BCUT2D eigenvalue weighted by atomic mass is 9.97. The van der Waals surface area contributed by atoms with Crippen molar-refractivity contribution in [3.63, 3.8) is 0 Å². The van der Waals surface area contributed by atoms with Crippen LogP contribution < -0.4 is 5.32 Å². The molecule has 5 atom stereocenters. The molecule has 0 saturated carbocycles. The van der Waals surface area contributed by atoms with Gasteiger partial charge in [-0.25, -0.2) is 0 Å². The first-order valence-electron chi connectivity index (χ1n) is 10.3. The van der Waals surface area contributed by atoms with Crippen molar-refractivity contribution in [2.45, 2.75) is 58.4 Å². The van der Waals surface area contributed by atoms with E-state index in [1.165, 1.54) is 0 Å². The Kier molecular flexibility index (Phi) is 7.51. The zero-order valence-electron chi connectivity index (χ0n) is 18.9. The van der Waals surface area contributed by atoms with Crippen LogP contribution in [0.4, 0.5) is 5.69 Å². The van der Waals surface area contributed by atoms with Crippen LogP contribution in [0, 0.1) is 0 Å². The van der Waals surface area contributed by atoms with Gasteiger partial charge in [0, 0.05) is 39.3 Å². The second kappa shape index (κ2) is 10.3. The van der Waals surface area contributed by atoms with Crippen molar-refractivity contribution in [1.82, 2.24) is 4.98 Å². The maximum absolute atomic E-state index is 13.3. The molecule has 0 spiro atoms. The molecule has 182 valence electrons. The molecule has 1 aliphatic rings. The van der Waals surface area contributed by atoms with E-state index in [1.54, 1.807) is 24.4 Å². The number of hydrogen-bond acceptors (Lipinski definition) is 10. The number of ether oxygens (including phenoxy) is 5. The third-order valence-corrected chi connectivity index (χ3v) is 4.79. The average molecular weight is 476 g/mol. The number of aromatic amines is 1. The molecule has 12 heteroatoms. The van der Waals surface area contributed by atoms with E-state index in [-0.39, 0.29) is 0 Å². The first-order valence-corrected chi connectivity index (χ1v) is 10.3. The fourth-order valence-corrected chi connectivity index (χ4v) is 3.64. The van der Waals surface area contributed by atoms with Crippen molar-refractivity contribution in [3.05, 3.63) is 30.5 Å². The number of esters is 4. The smallest absolute Gasteiger partial charge is 0.305 e. The number of benzene rings is 1. The van der Waals surface area contributed by atoms with Crippen LogP contribution in [0.3, 0.4) is 0 Å². The van der Waals surface area contributed by atoms with Gasteiger partial charge >= 0.3 is 23.9 Å². The van der Waals surface area contributed by atoms with E-state index >= 15 is 0 Å². The van der Waals surface area contributed by atoms with Gasteiger partial charge < -0.3 is 34.0 Å². The number of nitrogens with one attached hydrogen (secondary N) is 2. The lowest BCUT2D eigenvalue weighted by molar-refractivity contribution is -0.289. The number of anilines is 1. The fourth-order valence-electron chi connectivity index (χ4n) is 3.64. The summed E-state index contributed by atoms with van der Waals surface area (Å²) in [6, 6.07) is 6.99. The lowest BCUT2D eigenvalue weighted by Gasteiger charge is -2.43. The standard InChI is InChI=1S/C22H24N2O10/c1-10(25)30-17-18(31-11(2)26)20(32-12(3)27)22(33-13(4)28)34-19(17)21(29)24-15-7-5-6-14-8-9-23-16(14)15/h5-9,17-20,22-23H,1-4H3,(H,24,29)/t17-,18-,19-,20+,22+/m0/s1. The van der Waals surface area contributed by atoms with Crippen LogP contribution in [-0.2, 0) is 47.7 Å². The van der Waals surface area contributed by atoms with Gasteiger partial charge in [0.25, 0.3) is 5.91 Å². The summed E-state index contributed by atoms with van der Waals surface area (Å²) in [5, 5.41) is 3.50. The SMILES string of the molecule is CC(=O)O[C@@H]1O[C@H](C(=O)Nc2cccc3cc[nH]c23)[C@@H](OC(C)=O)[C@H](OC(C)=O)[C@H]1OC(C)=O. The number of aromatic nitrogens is 1. The lowest BCUT2D eigenvalue weighted by Crippen LogP contribution is -2.64. The third kappa shape index (κ3) is 5.70. The van der Waals surface area contributed by atoms with Crippen molar-refractivity contribution in [2.75, 3.05) is 5.32 Å². The Labute approximate surface area is 193 Å². The Bertz CT molecular complexity index is 1110. The predicted molar refractivity (Wildman–Crippen MR) is 114 cm³/mol. The molecule has 1 fully saturated rings. The van der Waals surface area contributed by atoms with Gasteiger partial charge in [0.15, 0.2) is 18.3 Å². The van der Waals surface area contributed by atoms with Crippen LogP contribution in [0.15, 0.2) is 30.5 Å². The summed E-state index contributed by atoms with van der Waals surface area (Å²) >= 11 is 0. The fraction of sp³-hybridized carbons (Fsp3) is 0.409. The van der Waals surface area contributed by atoms with Gasteiger partial charge in [0.2, 0.25) is 12.4 Å². The van der Waals surface area contributed by atoms with Crippen molar-refractivity contribution >= 4 is 46.4 Å². The molecule has 34 heavy (non-hydrogen) atoms. The number of fused-ring (bicyclic) bond motifs is 1. The summed E-state index contributed by atoms with van der Waals surface area (Å²) in [6.07, 6.45) is -6.09. The molecule has 1 aliphatic heterocycles. The van der Waals surface area contributed by atoms with E-state index in [2.05, 4.69) is 10.3 Å². The van der Waals surface area contributed by atoms with Crippen LogP contribution in [0.1, 0.15) is 27.7 Å². The number of amides is 1. The van der Waals surface area contributed by atoms with Crippen LogP contribution in [0.2, 0.25) is 0 Å². The molecule has 0 radical (unpaired) electrons. The summed E-state index contributed by atoms with van der Waals surface area (Å²) < 4.78 is 26.5. The van der Waals surface area contributed by atoms with E-state index in [9.17, 15) is 24.0 Å². The zero-order chi connectivity index (χ0) is 25.0. The minimum Gasteiger partial charge on any atom is -0.455 e. The molecule has 0 bridgehead atoms. The maximum Gasteiger partial charge on any atom is 0.305 e. The van der Waals surface area contributed by atoms with Crippen LogP contribution >= 0.6 is 0 Å². The Hall–Kier alpha value is -3.93. The van der Waals surface area contributed by atoms with Gasteiger partial charge in [-0.15, -0.1) is 0 Å². The molecule has 2 heterocycles. The van der Waals surface area contributed by atoms with Gasteiger partial charge in [0.1, 0.15) is 0 Å². The van der Waals surface area contributed by atoms with E-state index in [0.29, 0.717) is 11.2 Å². The molecule has 2 N–H and O–H groups in total. The van der Waals surface area contributed by atoms with Gasteiger partial charge in [0.05, 0.1) is 11.2 Å². The number of para-hydroxylation sites is 1. The van der Waals surface area contributed by atoms with E-state index in [4.69, 9.17) is 23.7 Å². The predicted octanol–water partition coefficient (Wildman–Crippen LogP) is 1.19. The van der Waals surface area contributed by atoms with Gasteiger partial charge in [-0.3, -0.25) is 24.0 Å². The number of carbonyl (C=O) groups excluding carboxylic acids is 5. The first-order chi connectivity index (χ1) is 16.1. The second-order valence-corrected chi connectivity index (χ2v) is 7.49. The molecule has 0 aliphatic carbocycles. The number of hydrogen-bond donors (Lipinski definition) is 2. The Morgan fingerprint density at radius 3 is 2.00 bits per heavy atom. The summed E-state index contributed by atoms with van der Waals surface area (Å²) in [6.45, 7) is 4.31. The Morgan fingerprint density at radius 2 is 1.38 bits per heavy atom. The highest BCUT2D eigenvalue weighted by atomic mass is 16.7. The summed E-state index contributed by atoms with van der Waals surface area (Å²) in [5.74, 6) is -4.06. The largest absolute Gasteiger partial charge is 0.455 e. The van der Waals surface area contributed by atoms with Crippen molar-refractivity contribution in [1.29, 1.82) is 0 Å². The highest BCUT2D eigenvalue weighted by Crippen LogP contribution is 2.31. The zero-order valence-corrected chi connectivity index (χ0v) is 18.9. The minimum atomic E-state index is -1.63. The second-order valence-electron chi connectivity index (χ2n) is 7.49. The molecule has 2 aromatic rings. The Balaban J connectivity index is 2.01. The van der Waals surface area contributed by atoms with Crippen LogP contribution in [-0.4, -0.2) is 65.5 Å². The van der Waals surface area contributed by atoms with Crippen molar-refractivity contribution in [3.8, 4) is 0 Å². The molecule has 3 rings (SSSR count). The molecule has 1 aromatic carbocycles. The first kappa shape index (κ1) is 24.7. The van der Waals surface area contributed by atoms with Crippen molar-refractivity contribution < 1.29 is 47.7 Å². The average Bonchev–Trinajstić information content (AvgIpc) is 3.20. The van der Waals surface area contributed by atoms with E-state index in [1.807, 2.05) is 6.07 Å². The topological polar surface area (TPSA) is 159 Å². The monoisotopic (exact) mass is 476 g/mol. The van der Waals surface area contributed by atoms with Crippen molar-refractivity contribution in [2.24, 2.45) is 0 Å². The maximum atomic E-state index is 13.3. The normalized spacial score (nSPS) is 24.1. The summed E-state index contributed by atoms with van der Waals surface area (Å²) in [7, 11) is 0. The molecular weight excluding hydrogens is 452 g/mol. The summed E-state index contributed by atoms with van der Waals surface area (Å²) in [5.41, 5.74) is 1.02. The third-order valence-electron chi connectivity index (χ3n) is 4.79. The molecule has 1 saturated heterocycles. The number of rotatable bonds is 6. The van der Waals surface area contributed by atoms with Crippen LogP contribution in [0.5, 0.6) is 0 Å². The number of carbonyl (C=O) groups is 5. The molecular formula is C22H24N2O10. The molecule has 1 amide bonds. The Morgan fingerprint density at radius 1 is 0.794 bits per heavy atom. The quantitative estimate of drug-likeness (QED) is 0.458. The minimum absolute atomic E-state index is 0.396. The number of H-pyrrole nitrogens is 1.